The summed E-state index contributed by atoms with van der Waals surface area (Å²) >= 11 is 6.79. The monoisotopic (exact) mass is 872 g/mol. The lowest BCUT2D eigenvalue weighted by molar-refractivity contribution is -0.139. The number of halogens is 1. The quantitative estimate of drug-likeness (QED) is 0.0683. The molecule has 1 atom stereocenters. The standard InChI is InChI=1S/C48H49ClN6O8/c1-29-34(27-62-44-20-43(61-26-32-16-31(21-50)22-51-23-32)35(18-41(44)49)24-52-25-36(57)19-45(58)59)8-6-10-38(29)39-11-7-9-37(30(39)2)33-12-13-42-40(17-33)46(54-28-53-42)55(14-15-56)47(60)63-48(3,4)5/h6-13,16-18,20,22-23,28,36,52,56-57H,14-15,19,24-27H2,1-5H3,(H,58,59). The Morgan fingerprint density at radius 1 is 0.905 bits per heavy atom. The van der Waals surface area contributed by atoms with E-state index in [0.717, 1.165) is 38.9 Å². The van der Waals surface area contributed by atoms with Crippen LogP contribution in [0.4, 0.5) is 10.6 Å². The normalized spacial score (nSPS) is 11.8. The number of ether oxygens (including phenoxy) is 3. The first-order valence-electron chi connectivity index (χ1n) is 20.2. The van der Waals surface area contributed by atoms with Gasteiger partial charge in [0.05, 0.1) is 41.8 Å². The number of nitrogens with one attached hydrogen (secondary N) is 1. The Morgan fingerprint density at radius 3 is 2.37 bits per heavy atom. The second kappa shape index (κ2) is 20.5. The third kappa shape index (κ3) is 11.6. The highest BCUT2D eigenvalue weighted by molar-refractivity contribution is 6.32. The molecule has 4 N–H and O–H groups in total. The molecule has 0 bridgehead atoms. The number of aliphatic hydroxyl groups excluding tert-OH is 2. The Bertz CT molecular complexity index is 2660. The lowest BCUT2D eigenvalue weighted by Gasteiger charge is -2.27. The third-order valence-corrected chi connectivity index (χ3v) is 10.4. The van der Waals surface area contributed by atoms with Gasteiger partial charge in [-0.25, -0.2) is 14.8 Å². The molecule has 6 rings (SSSR count). The molecule has 326 valence electrons. The highest BCUT2D eigenvalue weighted by atomic mass is 35.5. The van der Waals surface area contributed by atoms with Crippen molar-refractivity contribution in [3.8, 4) is 39.8 Å². The number of rotatable bonds is 17. The number of anilines is 1. The maximum absolute atomic E-state index is 13.3. The van der Waals surface area contributed by atoms with Gasteiger partial charge < -0.3 is 34.8 Å². The maximum atomic E-state index is 13.3. The van der Waals surface area contributed by atoms with Gasteiger partial charge in [-0.2, -0.15) is 5.26 Å². The highest BCUT2D eigenvalue weighted by Gasteiger charge is 2.26. The largest absolute Gasteiger partial charge is 0.488 e. The van der Waals surface area contributed by atoms with E-state index in [1.54, 1.807) is 45.2 Å². The van der Waals surface area contributed by atoms with Crippen LogP contribution in [0.3, 0.4) is 0 Å². The zero-order chi connectivity index (χ0) is 45.3. The van der Waals surface area contributed by atoms with Crippen LogP contribution < -0.4 is 19.7 Å². The first-order chi connectivity index (χ1) is 30.1. The summed E-state index contributed by atoms with van der Waals surface area (Å²) in [5, 5.41) is 42.3. The predicted octanol–water partition coefficient (Wildman–Crippen LogP) is 8.32. The number of hydrogen-bond acceptors (Lipinski definition) is 12. The van der Waals surface area contributed by atoms with Gasteiger partial charge in [0, 0.05) is 48.1 Å². The number of carboxylic acid groups (broad SMARTS) is 1. The molecule has 0 aliphatic carbocycles. The number of fused-ring (bicyclic) bond motifs is 1. The van der Waals surface area contributed by atoms with E-state index in [1.165, 1.54) is 17.4 Å². The molecule has 14 nitrogen and oxygen atoms in total. The Balaban J connectivity index is 1.27. The first kappa shape index (κ1) is 45.9. The van der Waals surface area contributed by atoms with Crippen molar-refractivity contribution in [3.05, 3.63) is 130 Å². The van der Waals surface area contributed by atoms with Crippen molar-refractivity contribution < 1.29 is 39.1 Å². The number of aliphatic carboxylic acids is 1. The number of carboxylic acids is 1. The number of hydrogen-bond donors (Lipinski definition) is 4. The summed E-state index contributed by atoms with van der Waals surface area (Å²) in [5.41, 5.74) is 8.43. The molecule has 2 aromatic heterocycles. The Morgan fingerprint density at radius 2 is 1.63 bits per heavy atom. The lowest BCUT2D eigenvalue weighted by Crippen LogP contribution is -2.39. The summed E-state index contributed by atoms with van der Waals surface area (Å²) in [5.74, 6) is 0.0429. The van der Waals surface area contributed by atoms with E-state index >= 15 is 0 Å². The molecule has 0 saturated heterocycles. The summed E-state index contributed by atoms with van der Waals surface area (Å²) in [7, 11) is 0. The molecule has 4 aromatic carbocycles. The smallest absolute Gasteiger partial charge is 0.416 e. The van der Waals surface area contributed by atoms with Gasteiger partial charge in [0.2, 0.25) is 0 Å². The molecule has 0 aliphatic heterocycles. The van der Waals surface area contributed by atoms with Crippen LogP contribution in [0.25, 0.3) is 33.2 Å². The molecule has 6 aromatic rings. The van der Waals surface area contributed by atoms with Crippen molar-refractivity contribution in [1.82, 2.24) is 20.3 Å². The fraction of sp³-hybridized carbons (Fsp3) is 0.292. The van der Waals surface area contributed by atoms with E-state index < -0.39 is 30.2 Å². The van der Waals surface area contributed by atoms with Gasteiger partial charge in [-0.15, -0.1) is 0 Å². The van der Waals surface area contributed by atoms with Crippen molar-refractivity contribution in [3.63, 3.8) is 0 Å². The second-order valence-electron chi connectivity index (χ2n) is 15.9. The highest BCUT2D eigenvalue weighted by Crippen LogP contribution is 2.38. The molecule has 63 heavy (non-hydrogen) atoms. The number of pyridine rings is 1. The van der Waals surface area contributed by atoms with E-state index in [-0.39, 0.29) is 39.5 Å². The number of aliphatic hydroxyl groups is 2. The van der Waals surface area contributed by atoms with Crippen LogP contribution in [0.5, 0.6) is 11.5 Å². The molecule has 0 fully saturated rings. The van der Waals surface area contributed by atoms with Crippen LogP contribution in [0.1, 0.15) is 60.6 Å². The van der Waals surface area contributed by atoms with Crippen LogP contribution >= 0.6 is 11.6 Å². The van der Waals surface area contributed by atoms with E-state index in [2.05, 4.69) is 45.4 Å². The zero-order valence-corrected chi connectivity index (χ0v) is 36.4. The first-order valence-corrected chi connectivity index (χ1v) is 20.6. The fourth-order valence-electron chi connectivity index (χ4n) is 7.05. The molecular formula is C48H49ClN6O8. The predicted molar refractivity (Wildman–Crippen MR) is 240 cm³/mol. The van der Waals surface area contributed by atoms with Gasteiger partial charge in [0.25, 0.3) is 0 Å². The van der Waals surface area contributed by atoms with E-state index in [0.29, 0.717) is 49.9 Å². The summed E-state index contributed by atoms with van der Waals surface area (Å²) in [6.07, 6.45) is 2.36. The average molecular weight is 873 g/mol. The maximum Gasteiger partial charge on any atom is 0.416 e. The Kier molecular flexibility index (Phi) is 14.9. The molecule has 0 aliphatic rings. The van der Waals surface area contributed by atoms with Crippen molar-refractivity contribution in [2.24, 2.45) is 0 Å². The number of carbonyl (C=O) groups excluding carboxylic acids is 1. The summed E-state index contributed by atoms with van der Waals surface area (Å²) < 4.78 is 18.2. The van der Waals surface area contributed by atoms with Crippen LogP contribution in [-0.2, 0) is 29.3 Å². The van der Waals surface area contributed by atoms with Crippen LogP contribution in [0, 0.1) is 25.2 Å². The molecular weight excluding hydrogens is 824 g/mol. The lowest BCUT2D eigenvalue weighted by atomic mass is 9.89. The number of amides is 1. The SMILES string of the molecule is Cc1c(COc2cc(OCc3cncc(C#N)c3)c(CNCC(O)CC(=O)O)cc2Cl)cccc1-c1cccc(-c2ccc3ncnc(N(CCO)C(=O)OC(C)(C)C)c3c2)c1C. The zero-order valence-electron chi connectivity index (χ0n) is 35.7. The van der Waals surface area contributed by atoms with Gasteiger partial charge in [-0.05, 0) is 97.8 Å². The summed E-state index contributed by atoms with van der Waals surface area (Å²) in [6.45, 7) is 9.68. The van der Waals surface area contributed by atoms with Crippen LogP contribution in [0.15, 0.2) is 91.5 Å². The minimum atomic E-state index is -1.10. The molecule has 0 saturated carbocycles. The fourth-order valence-corrected chi connectivity index (χ4v) is 7.29. The van der Waals surface area contributed by atoms with Crippen molar-refractivity contribution in [2.45, 2.75) is 72.5 Å². The van der Waals surface area contributed by atoms with E-state index in [1.807, 2.05) is 49.4 Å². The summed E-state index contributed by atoms with van der Waals surface area (Å²) in [6, 6.07) is 25.1. The minimum absolute atomic E-state index is 0.0104. The minimum Gasteiger partial charge on any atom is -0.488 e. The van der Waals surface area contributed by atoms with Crippen molar-refractivity contribution >= 4 is 40.4 Å². The van der Waals surface area contributed by atoms with Crippen molar-refractivity contribution in [2.75, 3.05) is 24.6 Å². The number of nitriles is 1. The van der Waals surface area contributed by atoms with E-state index in [4.69, 9.17) is 30.9 Å². The molecule has 0 radical (unpaired) electrons. The number of aromatic nitrogens is 3. The summed E-state index contributed by atoms with van der Waals surface area (Å²) in [4.78, 5) is 38.7. The molecule has 2 heterocycles. The van der Waals surface area contributed by atoms with Gasteiger partial charge >= 0.3 is 12.1 Å². The molecule has 1 amide bonds. The second-order valence-corrected chi connectivity index (χ2v) is 16.3. The number of benzene rings is 4. The molecule has 1 unspecified atom stereocenters. The van der Waals surface area contributed by atoms with Crippen LogP contribution in [0.2, 0.25) is 5.02 Å². The van der Waals surface area contributed by atoms with Gasteiger partial charge in [-0.3, -0.25) is 14.7 Å². The Hall–Kier alpha value is -6.63. The van der Waals surface area contributed by atoms with Crippen molar-refractivity contribution in [1.29, 1.82) is 5.26 Å². The number of nitrogens with zero attached hydrogens (tertiary/aromatic N) is 5. The third-order valence-electron chi connectivity index (χ3n) is 10.1. The van der Waals surface area contributed by atoms with Crippen LogP contribution in [-0.4, -0.2) is 73.7 Å². The molecule has 0 spiro atoms. The van der Waals surface area contributed by atoms with Gasteiger partial charge in [-0.1, -0.05) is 54.1 Å². The van der Waals surface area contributed by atoms with Gasteiger partial charge in [0.1, 0.15) is 48.5 Å². The Labute approximate surface area is 370 Å². The average Bonchev–Trinajstić information content (AvgIpc) is 3.24. The number of carbonyl (C=O) groups is 2. The topological polar surface area (TPSA) is 200 Å². The van der Waals surface area contributed by atoms with Gasteiger partial charge in [0.15, 0.2) is 0 Å². The van der Waals surface area contributed by atoms with E-state index in [9.17, 15) is 25.1 Å². The molecule has 15 heteroatoms.